The summed E-state index contributed by atoms with van der Waals surface area (Å²) in [5.41, 5.74) is 2.79. The van der Waals surface area contributed by atoms with Gasteiger partial charge in [0.25, 0.3) is 0 Å². The van der Waals surface area contributed by atoms with Crippen molar-refractivity contribution in [2.45, 2.75) is 73.1 Å². The van der Waals surface area contributed by atoms with Crippen molar-refractivity contribution >= 4 is 0 Å². The minimum Gasteiger partial charge on any atom is -0.508 e. The smallest absolute Gasteiger partial charge is 0.119 e. The van der Waals surface area contributed by atoms with Gasteiger partial charge >= 0.3 is 0 Å². The second-order valence-corrected chi connectivity index (χ2v) is 8.26. The van der Waals surface area contributed by atoms with Crippen molar-refractivity contribution in [2.75, 3.05) is 0 Å². The van der Waals surface area contributed by atoms with Gasteiger partial charge in [-0.05, 0) is 53.2 Å². The van der Waals surface area contributed by atoms with E-state index < -0.39 is 0 Å². The van der Waals surface area contributed by atoms with Gasteiger partial charge in [0.05, 0.1) is 0 Å². The Morgan fingerprint density at radius 3 is 2.15 bits per heavy atom. The van der Waals surface area contributed by atoms with Crippen LogP contribution in [0.2, 0.25) is 0 Å². The molecule has 0 spiro atoms. The molecule has 1 rings (SSSR count). The summed E-state index contributed by atoms with van der Waals surface area (Å²) in [4.78, 5) is 0. The second kappa shape index (κ2) is 6.20. The summed E-state index contributed by atoms with van der Waals surface area (Å²) in [6.07, 6.45) is 3.58. The maximum atomic E-state index is 9.99. The molecule has 0 aromatic heterocycles. The lowest BCUT2D eigenvalue weighted by atomic mass is 9.79. The first-order valence-electron chi connectivity index (χ1n) is 7.84. The SMILES string of the molecule is CC(CCCc1ccc(O)c(C(C)(C)C)c1)C(C)(C)C. The number of hydrogen-bond donors (Lipinski definition) is 1. The molecule has 0 radical (unpaired) electrons. The molecular formula is C19H32O. The van der Waals surface area contributed by atoms with E-state index in [1.165, 1.54) is 18.4 Å². The zero-order chi connectivity index (χ0) is 15.6. The minimum absolute atomic E-state index is 0.00120. The summed E-state index contributed by atoms with van der Waals surface area (Å²) in [6.45, 7) is 15.7. The van der Waals surface area contributed by atoms with E-state index in [-0.39, 0.29) is 5.41 Å². The van der Waals surface area contributed by atoms with Gasteiger partial charge in [-0.1, -0.05) is 60.6 Å². The Morgan fingerprint density at radius 2 is 1.65 bits per heavy atom. The van der Waals surface area contributed by atoms with Gasteiger partial charge in [0.2, 0.25) is 0 Å². The largest absolute Gasteiger partial charge is 0.508 e. The average Bonchev–Trinajstić information content (AvgIpc) is 2.28. The summed E-state index contributed by atoms with van der Waals surface area (Å²) in [5.74, 6) is 1.16. The second-order valence-electron chi connectivity index (χ2n) is 8.26. The zero-order valence-corrected chi connectivity index (χ0v) is 14.4. The van der Waals surface area contributed by atoms with Gasteiger partial charge in [-0.25, -0.2) is 0 Å². The molecule has 0 aliphatic rings. The Hall–Kier alpha value is -0.980. The van der Waals surface area contributed by atoms with Gasteiger partial charge in [0, 0.05) is 0 Å². The van der Waals surface area contributed by atoms with Crippen LogP contribution in [0, 0.1) is 11.3 Å². The van der Waals surface area contributed by atoms with Crippen LogP contribution in [0.5, 0.6) is 5.75 Å². The molecule has 1 unspecified atom stereocenters. The van der Waals surface area contributed by atoms with E-state index in [1.54, 1.807) is 0 Å². The lowest BCUT2D eigenvalue weighted by Gasteiger charge is -2.27. The highest BCUT2D eigenvalue weighted by molar-refractivity contribution is 5.40. The molecule has 0 saturated heterocycles. The van der Waals surface area contributed by atoms with Crippen molar-refractivity contribution in [3.05, 3.63) is 29.3 Å². The van der Waals surface area contributed by atoms with Gasteiger partial charge in [-0.3, -0.25) is 0 Å². The summed E-state index contributed by atoms with van der Waals surface area (Å²) in [7, 11) is 0. The summed E-state index contributed by atoms with van der Waals surface area (Å²) in [5, 5.41) is 9.99. The van der Waals surface area contributed by atoms with Crippen molar-refractivity contribution in [1.82, 2.24) is 0 Å². The first-order chi connectivity index (χ1) is 9.01. The maximum absolute atomic E-state index is 9.99. The topological polar surface area (TPSA) is 20.2 Å². The number of benzene rings is 1. The molecule has 1 aromatic rings. The Bertz CT molecular complexity index is 432. The maximum Gasteiger partial charge on any atom is 0.119 e. The van der Waals surface area contributed by atoms with E-state index in [2.05, 4.69) is 60.6 Å². The molecule has 0 heterocycles. The monoisotopic (exact) mass is 276 g/mol. The summed E-state index contributed by atoms with van der Waals surface area (Å²) < 4.78 is 0. The van der Waals surface area contributed by atoms with E-state index in [1.807, 2.05) is 6.07 Å². The molecule has 0 fully saturated rings. The quantitative estimate of drug-likeness (QED) is 0.748. The summed E-state index contributed by atoms with van der Waals surface area (Å²) in [6, 6.07) is 6.09. The van der Waals surface area contributed by atoms with E-state index in [4.69, 9.17) is 0 Å². The van der Waals surface area contributed by atoms with Crippen LogP contribution >= 0.6 is 0 Å². The summed E-state index contributed by atoms with van der Waals surface area (Å²) >= 11 is 0. The first-order valence-corrected chi connectivity index (χ1v) is 7.84. The van der Waals surface area contributed by atoms with E-state index >= 15 is 0 Å². The highest BCUT2D eigenvalue weighted by Gasteiger charge is 2.20. The van der Waals surface area contributed by atoms with Crippen molar-refractivity contribution in [2.24, 2.45) is 11.3 Å². The number of aromatic hydroxyl groups is 1. The van der Waals surface area contributed by atoms with Gasteiger partial charge in [0.15, 0.2) is 0 Å². The predicted octanol–water partition coefficient (Wildman–Crippen LogP) is 5.69. The Balaban J connectivity index is 2.66. The molecule has 1 N–H and O–H groups in total. The van der Waals surface area contributed by atoms with Crippen LogP contribution in [0.25, 0.3) is 0 Å². The van der Waals surface area contributed by atoms with Crippen LogP contribution in [0.1, 0.15) is 72.4 Å². The molecule has 0 saturated carbocycles. The fourth-order valence-corrected chi connectivity index (χ4v) is 2.38. The molecule has 1 nitrogen and oxygen atoms in total. The van der Waals surface area contributed by atoms with Crippen LogP contribution in [0.4, 0.5) is 0 Å². The van der Waals surface area contributed by atoms with Crippen LogP contribution in [0.3, 0.4) is 0 Å². The lowest BCUT2D eigenvalue weighted by molar-refractivity contribution is 0.243. The molecule has 0 bridgehead atoms. The fourth-order valence-electron chi connectivity index (χ4n) is 2.38. The Morgan fingerprint density at radius 1 is 1.05 bits per heavy atom. The van der Waals surface area contributed by atoms with Gasteiger partial charge < -0.3 is 5.11 Å². The van der Waals surface area contributed by atoms with Crippen LogP contribution in [-0.4, -0.2) is 5.11 Å². The fraction of sp³-hybridized carbons (Fsp3) is 0.684. The van der Waals surface area contributed by atoms with Crippen LogP contribution < -0.4 is 0 Å². The third-order valence-corrected chi connectivity index (χ3v) is 4.45. The molecular weight excluding hydrogens is 244 g/mol. The highest BCUT2D eigenvalue weighted by Crippen LogP contribution is 2.32. The number of hydrogen-bond acceptors (Lipinski definition) is 1. The lowest BCUT2D eigenvalue weighted by Crippen LogP contribution is -2.17. The van der Waals surface area contributed by atoms with E-state index in [0.717, 1.165) is 17.9 Å². The number of phenolic OH excluding ortho intramolecular Hbond substituents is 1. The molecule has 0 amide bonds. The molecule has 114 valence electrons. The Labute approximate surface area is 125 Å². The molecule has 0 aliphatic carbocycles. The average molecular weight is 276 g/mol. The van der Waals surface area contributed by atoms with Crippen LogP contribution in [0.15, 0.2) is 18.2 Å². The van der Waals surface area contributed by atoms with Crippen molar-refractivity contribution < 1.29 is 5.11 Å². The molecule has 1 heteroatoms. The van der Waals surface area contributed by atoms with Crippen LogP contribution in [-0.2, 0) is 11.8 Å². The predicted molar refractivity (Wildman–Crippen MR) is 88.4 cm³/mol. The van der Waals surface area contributed by atoms with Crippen molar-refractivity contribution in [3.63, 3.8) is 0 Å². The minimum atomic E-state index is -0.00120. The van der Waals surface area contributed by atoms with E-state index in [9.17, 15) is 5.11 Å². The number of aryl methyl sites for hydroxylation is 1. The molecule has 1 atom stereocenters. The van der Waals surface area contributed by atoms with Gasteiger partial charge in [0.1, 0.15) is 5.75 Å². The highest BCUT2D eigenvalue weighted by atomic mass is 16.3. The first kappa shape index (κ1) is 17.1. The van der Waals surface area contributed by atoms with Gasteiger partial charge in [-0.2, -0.15) is 0 Å². The third kappa shape index (κ3) is 4.85. The van der Waals surface area contributed by atoms with Crippen molar-refractivity contribution in [3.8, 4) is 5.75 Å². The standard InChI is InChI=1S/C19H32O/c1-14(18(2,3)4)9-8-10-15-11-12-17(20)16(13-15)19(5,6)7/h11-14,20H,8-10H2,1-7H3. The number of rotatable bonds is 4. The Kier molecular flexibility index (Phi) is 5.29. The molecule has 20 heavy (non-hydrogen) atoms. The molecule has 0 aliphatic heterocycles. The zero-order valence-electron chi connectivity index (χ0n) is 14.4. The number of phenols is 1. The third-order valence-electron chi connectivity index (χ3n) is 4.45. The molecule has 1 aromatic carbocycles. The normalized spacial score (nSPS) is 14.3. The van der Waals surface area contributed by atoms with E-state index in [0.29, 0.717) is 11.2 Å². The van der Waals surface area contributed by atoms with Crippen molar-refractivity contribution in [1.29, 1.82) is 0 Å². The van der Waals surface area contributed by atoms with Gasteiger partial charge in [-0.15, -0.1) is 0 Å².